The lowest BCUT2D eigenvalue weighted by atomic mass is 10.2. The van der Waals surface area contributed by atoms with E-state index in [9.17, 15) is 4.39 Å². The van der Waals surface area contributed by atoms with Crippen LogP contribution in [0.15, 0.2) is 36.2 Å². The van der Waals surface area contributed by atoms with Gasteiger partial charge in [-0.3, -0.25) is 0 Å². The van der Waals surface area contributed by atoms with Crippen LogP contribution >= 0.6 is 0 Å². The number of halogens is 1. The highest BCUT2D eigenvalue weighted by Gasteiger charge is 1.83. The Kier molecular flexibility index (Phi) is 10.3. The molecule has 76 valence electrons. The van der Waals surface area contributed by atoms with Gasteiger partial charge in [-0.25, -0.2) is 4.39 Å². The second-order valence-electron chi connectivity index (χ2n) is 2.79. The first kappa shape index (κ1) is 14.6. The van der Waals surface area contributed by atoms with Crippen molar-refractivity contribution in [1.82, 2.24) is 0 Å². The Hall–Kier alpha value is -0.890. The predicted octanol–water partition coefficient (Wildman–Crippen LogP) is 3.38. The van der Waals surface area contributed by atoms with Gasteiger partial charge >= 0.3 is 0 Å². The fourth-order valence-corrected chi connectivity index (χ4v) is 0.321. The van der Waals surface area contributed by atoms with E-state index >= 15 is 0 Å². The van der Waals surface area contributed by atoms with Crippen molar-refractivity contribution < 1.29 is 9.50 Å². The van der Waals surface area contributed by atoms with E-state index in [0.29, 0.717) is 5.57 Å². The Morgan fingerprint density at radius 1 is 1.38 bits per heavy atom. The molecule has 0 heterocycles. The number of aliphatic hydroxyl groups is 1. The minimum Gasteiger partial charge on any atom is -0.396 e. The van der Waals surface area contributed by atoms with E-state index in [4.69, 9.17) is 5.11 Å². The van der Waals surface area contributed by atoms with Gasteiger partial charge in [0.2, 0.25) is 0 Å². The van der Waals surface area contributed by atoms with Crippen LogP contribution in [-0.4, -0.2) is 11.7 Å². The Morgan fingerprint density at radius 2 is 1.77 bits per heavy atom. The summed E-state index contributed by atoms with van der Waals surface area (Å²) in [6, 6.07) is 0. The van der Waals surface area contributed by atoms with Crippen LogP contribution in [0.3, 0.4) is 0 Å². The van der Waals surface area contributed by atoms with Gasteiger partial charge in [0.25, 0.3) is 0 Å². The minimum atomic E-state index is -0.435. The molecule has 0 fully saturated rings. The summed E-state index contributed by atoms with van der Waals surface area (Å²) in [4.78, 5) is 0. The largest absolute Gasteiger partial charge is 0.396 e. The molecule has 0 aromatic rings. The van der Waals surface area contributed by atoms with Crippen LogP contribution in [0.2, 0.25) is 0 Å². The minimum absolute atomic E-state index is 0.274. The van der Waals surface area contributed by atoms with Crippen LogP contribution in [0.4, 0.5) is 4.39 Å². The Bertz CT molecular complexity index is 180. The Balaban J connectivity index is 0. The standard InChI is InChI=1S/C6H12O.C5H7F/c1-3-6(2)4-5-7;1-4(2)5(3)6/h3,7H,4-5H2,1-2H3;1,3H2,2H3/b6-3+;. The van der Waals surface area contributed by atoms with E-state index in [1.54, 1.807) is 6.92 Å². The van der Waals surface area contributed by atoms with Crippen LogP contribution in [-0.2, 0) is 0 Å². The maximum atomic E-state index is 11.5. The maximum absolute atomic E-state index is 11.5. The molecule has 0 unspecified atom stereocenters. The molecule has 1 N–H and O–H groups in total. The van der Waals surface area contributed by atoms with Crippen molar-refractivity contribution in [3.05, 3.63) is 36.2 Å². The number of rotatable bonds is 3. The molecule has 0 spiro atoms. The third kappa shape index (κ3) is 14.0. The molecule has 13 heavy (non-hydrogen) atoms. The molecule has 0 atom stereocenters. The molecule has 0 saturated carbocycles. The van der Waals surface area contributed by atoms with Gasteiger partial charge < -0.3 is 5.11 Å². The molecule has 0 amide bonds. The smallest absolute Gasteiger partial charge is 0.118 e. The van der Waals surface area contributed by atoms with Crippen molar-refractivity contribution in [1.29, 1.82) is 0 Å². The summed E-state index contributed by atoms with van der Waals surface area (Å²) in [6.07, 6.45) is 2.83. The molecule has 1 nitrogen and oxygen atoms in total. The van der Waals surface area contributed by atoms with Crippen molar-refractivity contribution in [2.24, 2.45) is 0 Å². The van der Waals surface area contributed by atoms with Crippen molar-refractivity contribution >= 4 is 0 Å². The van der Waals surface area contributed by atoms with Gasteiger partial charge in [0, 0.05) is 6.61 Å². The van der Waals surface area contributed by atoms with E-state index in [1.165, 1.54) is 5.57 Å². The van der Waals surface area contributed by atoms with Crippen LogP contribution in [0.25, 0.3) is 0 Å². The van der Waals surface area contributed by atoms with E-state index in [-0.39, 0.29) is 6.61 Å². The second-order valence-corrected chi connectivity index (χ2v) is 2.79. The Labute approximate surface area is 80.3 Å². The lowest BCUT2D eigenvalue weighted by Crippen LogP contribution is -1.81. The Morgan fingerprint density at radius 3 is 1.85 bits per heavy atom. The zero-order valence-electron chi connectivity index (χ0n) is 8.73. The summed E-state index contributed by atoms with van der Waals surface area (Å²) in [5.74, 6) is -0.435. The topological polar surface area (TPSA) is 20.2 Å². The zero-order chi connectivity index (χ0) is 10.9. The third-order valence-electron chi connectivity index (χ3n) is 1.46. The first-order valence-corrected chi connectivity index (χ1v) is 4.18. The summed E-state index contributed by atoms with van der Waals surface area (Å²) < 4.78 is 11.5. The summed E-state index contributed by atoms with van der Waals surface area (Å²) in [5, 5.41) is 8.33. The lowest BCUT2D eigenvalue weighted by Gasteiger charge is -1.90. The quantitative estimate of drug-likeness (QED) is 0.529. The van der Waals surface area contributed by atoms with Crippen molar-refractivity contribution in [2.75, 3.05) is 6.61 Å². The maximum Gasteiger partial charge on any atom is 0.118 e. The molecule has 2 heteroatoms. The van der Waals surface area contributed by atoms with E-state index in [1.807, 2.05) is 19.9 Å². The second kappa shape index (κ2) is 9.20. The predicted molar refractivity (Wildman–Crippen MR) is 56.2 cm³/mol. The monoisotopic (exact) mass is 186 g/mol. The van der Waals surface area contributed by atoms with Crippen molar-refractivity contribution in [2.45, 2.75) is 27.2 Å². The van der Waals surface area contributed by atoms with Crippen LogP contribution in [0.5, 0.6) is 0 Å². The summed E-state index contributed by atoms with van der Waals surface area (Å²) in [6.45, 7) is 12.1. The van der Waals surface area contributed by atoms with Crippen LogP contribution in [0.1, 0.15) is 27.2 Å². The first-order valence-electron chi connectivity index (χ1n) is 4.18. The molecular formula is C11H19FO. The average Bonchev–Trinajstić information content (AvgIpc) is 2.05. The molecular weight excluding hydrogens is 167 g/mol. The van der Waals surface area contributed by atoms with E-state index in [2.05, 4.69) is 13.2 Å². The zero-order valence-corrected chi connectivity index (χ0v) is 8.73. The van der Waals surface area contributed by atoms with Gasteiger partial charge in [0.1, 0.15) is 5.83 Å². The summed E-state index contributed by atoms with van der Waals surface area (Å²) in [5.41, 5.74) is 1.65. The van der Waals surface area contributed by atoms with Crippen molar-refractivity contribution in [3.8, 4) is 0 Å². The highest BCUT2D eigenvalue weighted by Crippen LogP contribution is 2.01. The van der Waals surface area contributed by atoms with Gasteiger partial charge in [-0.2, -0.15) is 0 Å². The molecule has 0 aromatic heterocycles. The summed E-state index contributed by atoms with van der Waals surface area (Å²) >= 11 is 0. The van der Waals surface area contributed by atoms with Gasteiger partial charge in [-0.15, -0.1) is 0 Å². The fourth-order valence-electron chi connectivity index (χ4n) is 0.321. The SMILES string of the molecule is C/C=C(\C)CCO.C=C(C)C(=C)F. The number of hydrogen-bond donors (Lipinski definition) is 1. The molecule has 0 aromatic carbocycles. The van der Waals surface area contributed by atoms with E-state index in [0.717, 1.165) is 6.42 Å². The van der Waals surface area contributed by atoms with Gasteiger partial charge in [-0.05, 0) is 32.8 Å². The average molecular weight is 186 g/mol. The van der Waals surface area contributed by atoms with Gasteiger partial charge in [0.05, 0.1) is 0 Å². The molecule has 0 aliphatic heterocycles. The number of allylic oxidation sites excluding steroid dienone is 3. The molecule has 0 aliphatic carbocycles. The number of aliphatic hydroxyl groups excluding tert-OH is 1. The molecule has 0 aliphatic rings. The molecule has 0 radical (unpaired) electrons. The van der Waals surface area contributed by atoms with Gasteiger partial charge in [0.15, 0.2) is 0 Å². The highest BCUT2D eigenvalue weighted by atomic mass is 19.1. The third-order valence-corrected chi connectivity index (χ3v) is 1.46. The number of hydrogen-bond acceptors (Lipinski definition) is 1. The van der Waals surface area contributed by atoms with Gasteiger partial charge in [-0.1, -0.05) is 24.8 Å². The van der Waals surface area contributed by atoms with Crippen molar-refractivity contribution in [3.63, 3.8) is 0 Å². The van der Waals surface area contributed by atoms with Crippen LogP contribution < -0.4 is 0 Å². The normalized spacial score (nSPS) is 10.1. The van der Waals surface area contributed by atoms with E-state index < -0.39 is 5.83 Å². The fraction of sp³-hybridized carbons (Fsp3) is 0.455. The molecule has 0 bridgehead atoms. The highest BCUT2D eigenvalue weighted by molar-refractivity contribution is 5.14. The first-order chi connectivity index (χ1) is 5.95. The lowest BCUT2D eigenvalue weighted by molar-refractivity contribution is 0.299. The molecule has 0 rings (SSSR count). The summed E-state index contributed by atoms with van der Waals surface area (Å²) in [7, 11) is 0. The van der Waals surface area contributed by atoms with Crippen LogP contribution in [0, 0.1) is 0 Å². The molecule has 0 saturated heterocycles.